The van der Waals surface area contributed by atoms with Gasteiger partial charge in [0.2, 0.25) is 0 Å². The summed E-state index contributed by atoms with van der Waals surface area (Å²) in [4.78, 5) is 0. The van der Waals surface area contributed by atoms with Gasteiger partial charge in [-0.15, -0.1) is 0 Å². The molecule has 1 saturated heterocycles. The molecule has 0 aromatic carbocycles. The van der Waals surface area contributed by atoms with Crippen molar-refractivity contribution in [1.29, 1.82) is 0 Å². The van der Waals surface area contributed by atoms with E-state index in [0.717, 1.165) is 11.7 Å². The molecule has 0 amide bonds. The van der Waals surface area contributed by atoms with Crippen LogP contribution in [0.4, 0.5) is 0 Å². The Labute approximate surface area is 67.2 Å². The van der Waals surface area contributed by atoms with E-state index in [9.17, 15) is 0 Å². The molecule has 0 aromatic heterocycles. The van der Waals surface area contributed by atoms with Crippen molar-refractivity contribution in [1.82, 2.24) is 0 Å². The van der Waals surface area contributed by atoms with E-state index in [4.69, 9.17) is 5.11 Å². The van der Waals surface area contributed by atoms with Crippen molar-refractivity contribution in [3.8, 4) is 0 Å². The largest absolute Gasteiger partial charge is 0.393 e. The van der Waals surface area contributed by atoms with Crippen LogP contribution in [0, 0.1) is 0 Å². The zero-order valence-corrected chi connectivity index (χ0v) is 7.36. The first-order valence-electron chi connectivity index (χ1n) is 4.08. The Kier molecular flexibility index (Phi) is 3.57. The summed E-state index contributed by atoms with van der Waals surface area (Å²) in [6.07, 6.45) is 4.85. The third kappa shape index (κ3) is 2.93. The number of aliphatic hydroxyl groups is 1. The van der Waals surface area contributed by atoms with Crippen molar-refractivity contribution in [2.45, 2.75) is 44.0 Å². The van der Waals surface area contributed by atoms with Gasteiger partial charge in [-0.3, -0.25) is 0 Å². The van der Waals surface area contributed by atoms with Gasteiger partial charge in [0.05, 0.1) is 6.10 Å². The number of aliphatic hydroxyl groups excluding tert-OH is 1. The quantitative estimate of drug-likeness (QED) is 0.682. The fourth-order valence-electron chi connectivity index (χ4n) is 1.30. The molecule has 0 aliphatic carbocycles. The van der Waals surface area contributed by atoms with Gasteiger partial charge in [-0.1, -0.05) is 0 Å². The molecule has 0 radical (unpaired) electrons. The zero-order valence-electron chi connectivity index (χ0n) is 6.55. The van der Waals surface area contributed by atoms with E-state index in [1.54, 1.807) is 0 Å². The van der Waals surface area contributed by atoms with Crippen molar-refractivity contribution < 1.29 is 5.11 Å². The van der Waals surface area contributed by atoms with Crippen LogP contribution in [0.2, 0.25) is 0 Å². The lowest BCUT2D eigenvalue weighted by molar-refractivity contribution is 0.181. The Morgan fingerprint density at radius 3 is 3.00 bits per heavy atom. The zero-order chi connectivity index (χ0) is 7.40. The monoisotopic (exact) mass is 160 g/mol. The molecule has 1 heterocycles. The molecule has 2 heteroatoms. The molecule has 1 N–H and O–H groups in total. The average Bonchev–Trinajstić information content (AvgIpc) is 2.34. The number of rotatable bonds is 3. The SMILES string of the molecule is C[C@H](O)CCC1CCCS1. The van der Waals surface area contributed by atoms with Crippen molar-refractivity contribution in [3.05, 3.63) is 0 Å². The summed E-state index contributed by atoms with van der Waals surface area (Å²) in [6.45, 7) is 1.87. The van der Waals surface area contributed by atoms with E-state index in [1.807, 2.05) is 6.92 Å². The highest BCUT2D eigenvalue weighted by molar-refractivity contribution is 8.00. The summed E-state index contributed by atoms with van der Waals surface area (Å²) in [5, 5.41) is 9.86. The van der Waals surface area contributed by atoms with Gasteiger partial charge in [-0.05, 0) is 38.4 Å². The van der Waals surface area contributed by atoms with Gasteiger partial charge in [0.25, 0.3) is 0 Å². The van der Waals surface area contributed by atoms with Crippen LogP contribution in [0.3, 0.4) is 0 Å². The molecule has 0 aromatic rings. The van der Waals surface area contributed by atoms with Gasteiger partial charge in [0.1, 0.15) is 0 Å². The Bertz CT molecular complexity index is 87.3. The van der Waals surface area contributed by atoms with Crippen molar-refractivity contribution in [2.24, 2.45) is 0 Å². The number of thioether (sulfide) groups is 1. The molecule has 0 spiro atoms. The highest BCUT2D eigenvalue weighted by Gasteiger charge is 2.15. The molecule has 0 bridgehead atoms. The first-order chi connectivity index (χ1) is 4.79. The average molecular weight is 160 g/mol. The molecule has 1 rings (SSSR count). The lowest BCUT2D eigenvalue weighted by atomic mass is 10.1. The van der Waals surface area contributed by atoms with Gasteiger partial charge in [-0.2, -0.15) is 11.8 Å². The van der Waals surface area contributed by atoms with Gasteiger partial charge in [-0.25, -0.2) is 0 Å². The van der Waals surface area contributed by atoms with Crippen LogP contribution in [0.1, 0.15) is 32.6 Å². The van der Waals surface area contributed by atoms with Crippen LogP contribution >= 0.6 is 11.8 Å². The summed E-state index contributed by atoms with van der Waals surface area (Å²) in [7, 11) is 0. The Balaban J connectivity index is 2.01. The number of hydrogen-bond donors (Lipinski definition) is 1. The summed E-state index contributed by atoms with van der Waals surface area (Å²) in [6, 6.07) is 0. The van der Waals surface area contributed by atoms with E-state index in [1.165, 1.54) is 25.0 Å². The summed E-state index contributed by atoms with van der Waals surface area (Å²) >= 11 is 2.07. The van der Waals surface area contributed by atoms with Crippen LogP contribution < -0.4 is 0 Å². The second-order valence-electron chi connectivity index (χ2n) is 3.06. The van der Waals surface area contributed by atoms with Crippen LogP contribution in [-0.2, 0) is 0 Å². The second kappa shape index (κ2) is 4.24. The highest BCUT2D eigenvalue weighted by Crippen LogP contribution is 2.29. The van der Waals surface area contributed by atoms with Crippen molar-refractivity contribution in [3.63, 3.8) is 0 Å². The smallest absolute Gasteiger partial charge is 0.0512 e. The lowest BCUT2D eigenvalue weighted by Gasteiger charge is -2.08. The van der Waals surface area contributed by atoms with E-state index in [-0.39, 0.29) is 6.10 Å². The van der Waals surface area contributed by atoms with Crippen molar-refractivity contribution >= 4 is 11.8 Å². The molecule has 1 unspecified atom stereocenters. The fourth-order valence-corrected chi connectivity index (χ4v) is 2.60. The van der Waals surface area contributed by atoms with Gasteiger partial charge < -0.3 is 5.11 Å². The minimum absolute atomic E-state index is 0.0961. The standard InChI is InChI=1S/C8H16OS/c1-7(9)4-5-8-3-2-6-10-8/h7-9H,2-6H2,1H3/t7-,8?/m0/s1. The normalized spacial score (nSPS) is 28.8. The minimum Gasteiger partial charge on any atom is -0.393 e. The molecule has 60 valence electrons. The highest BCUT2D eigenvalue weighted by atomic mass is 32.2. The fraction of sp³-hybridized carbons (Fsp3) is 1.00. The van der Waals surface area contributed by atoms with Gasteiger partial charge in [0, 0.05) is 5.25 Å². The molecule has 0 saturated carbocycles. The topological polar surface area (TPSA) is 20.2 Å². The van der Waals surface area contributed by atoms with Gasteiger partial charge >= 0.3 is 0 Å². The lowest BCUT2D eigenvalue weighted by Crippen LogP contribution is -2.04. The van der Waals surface area contributed by atoms with E-state index in [2.05, 4.69) is 11.8 Å². The maximum atomic E-state index is 9.00. The second-order valence-corrected chi connectivity index (χ2v) is 4.47. The summed E-state index contributed by atoms with van der Waals surface area (Å²) < 4.78 is 0. The Morgan fingerprint density at radius 1 is 1.70 bits per heavy atom. The molecule has 10 heavy (non-hydrogen) atoms. The van der Waals surface area contributed by atoms with E-state index < -0.39 is 0 Å². The van der Waals surface area contributed by atoms with Crippen LogP contribution in [0.15, 0.2) is 0 Å². The Morgan fingerprint density at radius 2 is 2.50 bits per heavy atom. The molecular weight excluding hydrogens is 144 g/mol. The first kappa shape index (κ1) is 8.41. The Hall–Kier alpha value is 0.310. The molecule has 1 aliphatic heterocycles. The van der Waals surface area contributed by atoms with Crippen LogP contribution in [-0.4, -0.2) is 22.2 Å². The third-order valence-corrected chi connectivity index (χ3v) is 3.40. The van der Waals surface area contributed by atoms with E-state index >= 15 is 0 Å². The molecule has 1 nitrogen and oxygen atoms in total. The molecule has 1 fully saturated rings. The van der Waals surface area contributed by atoms with E-state index in [0.29, 0.717) is 0 Å². The molecular formula is C8H16OS. The predicted molar refractivity (Wildman–Crippen MR) is 46.4 cm³/mol. The molecule has 2 atom stereocenters. The number of hydrogen-bond acceptors (Lipinski definition) is 2. The molecule has 1 aliphatic rings. The van der Waals surface area contributed by atoms with Crippen LogP contribution in [0.25, 0.3) is 0 Å². The first-order valence-corrected chi connectivity index (χ1v) is 5.13. The maximum absolute atomic E-state index is 9.00. The van der Waals surface area contributed by atoms with Crippen LogP contribution in [0.5, 0.6) is 0 Å². The van der Waals surface area contributed by atoms with Gasteiger partial charge in [0.15, 0.2) is 0 Å². The predicted octanol–water partition coefficient (Wildman–Crippen LogP) is 2.04. The summed E-state index contributed by atoms with van der Waals surface area (Å²) in [5.74, 6) is 1.34. The summed E-state index contributed by atoms with van der Waals surface area (Å²) in [5.41, 5.74) is 0. The maximum Gasteiger partial charge on any atom is 0.0512 e. The minimum atomic E-state index is -0.0961. The van der Waals surface area contributed by atoms with Crippen molar-refractivity contribution in [2.75, 3.05) is 5.75 Å². The third-order valence-electron chi connectivity index (χ3n) is 1.93.